The summed E-state index contributed by atoms with van der Waals surface area (Å²) >= 11 is 0. The average Bonchev–Trinajstić information content (AvgIpc) is 3.34. The first kappa shape index (κ1) is 15.6. The number of amides is 1. The Kier molecular flexibility index (Phi) is 5.41. The highest BCUT2D eigenvalue weighted by Gasteiger charge is 2.30. The zero-order chi connectivity index (χ0) is 15.2. The number of methoxy groups -OCH3 is 2. The van der Waals surface area contributed by atoms with Crippen LogP contribution in [0, 0.1) is 0 Å². The predicted molar refractivity (Wildman–Crippen MR) is 76.6 cm³/mol. The van der Waals surface area contributed by atoms with E-state index in [4.69, 9.17) is 18.9 Å². The standard InChI is InChI=1S/C15H21NO5/c1-16(11-4-5-11)15(17)21-13-8-6-12(7-9-13)20-10-14(18-2)19-3/h6-9,11,14H,4-5,10H2,1-3H3. The van der Waals surface area contributed by atoms with Crippen molar-refractivity contribution in [1.82, 2.24) is 4.90 Å². The Morgan fingerprint density at radius 2 is 1.76 bits per heavy atom. The second-order valence-electron chi connectivity index (χ2n) is 4.89. The molecule has 0 N–H and O–H groups in total. The highest BCUT2D eigenvalue weighted by molar-refractivity contribution is 5.71. The molecule has 0 aromatic heterocycles. The van der Waals surface area contributed by atoms with E-state index in [-0.39, 0.29) is 12.7 Å². The van der Waals surface area contributed by atoms with Crippen molar-refractivity contribution in [2.45, 2.75) is 25.2 Å². The van der Waals surface area contributed by atoms with E-state index in [9.17, 15) is 4.79 Å². The fourth-order valence-electron chi connectivity index (χ4n) is 1.78. The molecule has 1 aromatic carbocycles. The molecule has 1 saturated carbocycles. The highest BCUT2D eigenvalue weighted by Crippen LogP contribution is 2.26. The summed E-state index contributed by atoms with van der Waals surface area (Å²) in [7, 11) is 4.86. The van der Waals surface area contributed by atoms with Crippen LogP contribution in [0.3, 0.4) is 0 Å². The van der Waals surface area contributed by atoms with E-state index in [0.717, 1.165) is 12.8 Å². The van der Waals surface area contributed by atoms with Gasteiger partial charge in [-0.3, -0.25) is 0 Å². The van der Waals surface area contributed by atoms with Crippen LogP contribution in [0.5, 0.6) is 11.5 Å². The molecule has 0 spiro atoms. The van der Waals surface area contributed by atoms with E-state index in [1.807, 2.05) is 0 Å². The molecule has 0 unspecified atom stereocenters. The molecule has 0 heterocycles. The van der Waals surface area contributed by atoms with Gasteiger partial charge in [0.25, 0.3) is 0 Å². The number of hydrogen-bond acceptors (Lipinski definition) is 5. The van der Waals surface area contributed by atoms with Gasteiger partial charge in [-0.05, 0) is 37.1 Å². The molecule has 0 saturated heterocycles. The Morgan fingerprint density at radius 1 is 1.19 bits per heavy atom. The zero-order valence-corrected chi connectivity index (χ0v) is 12.6. The van der Waals surface area contributed by atoms with Gasteiger partial charge < -0.3 is 23.8 Å². The molecule has 0 radical (unpaired) electrons. The smallest absolute Gasteiger partial charge is 0.415 e. The van der Waals surface area contributed by atoms with Gasteiger partial charge in [0.2, 0.25) is 0 Å². The number of benzene rings is 1. The van der Waals surface area contributed by atoms with E-state index in [0.29, 0.717) is 17.5 Å². The van der Waals surface area contributed by atoms with Crippen molar-refractivity contribution in [1.29, 1.82) is 0 Å². The summed E-state index contributed by atoms with van der Waals surface area (Å²) in [6.07, 6.45) is 1.37. The normalized spacial score (nSPS) is 14.1. The quantitative estimate of drug-likeness (QED) is 0.722. The van der Waals surface area contributed by atoms with Gasteiger partial charge >= 0.3 is 6.09 Å². The van der Waals surface area contributed by atoms with Crippen LogP contribution in [0.15, 0.2) is 24.3 Å². The van der Waals surface area contributed by atoms with Crippen molar-refractivity contribution in [3.05, 3.63) is 24.3 Å². The number of hydrogen-bond donors (Lipinski definition) is 0. The molecule has 1 amide bonds. The number of carbonyl (C=O) groups is 1. The second-order valence-corrected chi connectivity index (χ2v) is 4.89. The minimum atomic E-state index is -0.408. The third kappa shape index (κ3) is 4.61. The summed E-state index contributed by atoms with van der Waals surface area (Å²) in [5.41, 5.74) is 0. The molecule has 1 aliphatic rings. The Balaban J connectivity index is 1.82. The molecule has 1 aromatic rings. The van der Waals surface area contributed by atoms with Crippen LogP contribution in [0.4, 0.5) is 4.79 Å². The molecule has 0 atom stereocenters. The Morgan fingerprint density at radius 3 is 2.29 bits per heavy atom. The van der Waals surface area contributed by atoms with E-state index >= 15 is 0 Å². The summed E-state index contributed by atoms with van der Waals surface area (Å²) in [4.78, 5) is 13.4. The maximum absolute atomic E-state index is 11.8. The van der Waals surface area contributed by atoms with Crippen molar-refractivity contribution >= 4 is 6.09 Å². The van der Waals surface area contributed by atoms with Crippen LogP contribution in [0.1, 0.15) is 12.8 Å². The predicted octanol–water partition coefficient (Wildman–Crippen LogP) is 2.28. The van der Waals surface area contributed by atoms with Gasteiger partial charge in [-0.2, -0.15) is 0 Å². The summed E-state index contributed by atoms with van der Waals surface area (Å²) in [5, 5.41) is 0. The Hall–Kier alpha value is -1.79. The van der Waals surface area contributed by atoms with Gasteiger partial charge in [0.05, 0.1) is 0 Å². The van der Waals surface area contributed by atoms with Crippen LogP contribution in [-0.2, 0) is 9.47 Å². The molecule has 116 valence electrons. The maximum Gasteiger partial charge on any atom is 0.415 e. The lowest BCUT2D eigenvalue weighted by Gasteiger charge is -2.16. The van der Waals surface area contributed by atoms with Crippen LogP contribution in [-0.4, -0.2) is 51.2 Å². The molecule has 1 aliphatic carbocycles. The fraction of sp³-hybridized carbons (Fsp3) is 0.533. The minimum Gasteiger partial charge on any atom is -0.488 e. The van der Waals surface area contributed by atoms with Gasteiger partial charge in [-0.1, -0.05) is 0 Å². The number of carbonyl (C=O) groups excluding carboxylic acids is 1. The topological polar surface area (TPSA) is 57.2 Å². The van der Waals surface area contributed by atoms with Gasteiger partial charge in [-0.15, -0.1) is 0 Å². The van der Waals surface area contributed by atoms with Crippen LogP contribution in [0.25, 0.3) is 0 Å². The summed E-state index contributed by atoms with van der Waals surface area (Å²) < 4.78 is 20.8. The molecule has 0 bridgehead atoms. The van der Waals surface area contributed by atoms with E-state index in [1.54, 1.807) is 50.4 Å². The molecule has 1 fully saturated rings. The molecule has 6 nitrogen and oxygen atoms in total. The van der Waals surface area contributed by atoms with Crippen LogP contribution < -0.4 is 9.47 Å². The first-order valence-electron chi connectivity index (χ1n) is 6.87. The van der Waals surface area contributed by atoms with E-state index in [2.05, 4.69) is 0 Å². The molecular weight excluding hydrogens is 274 g/mol. The highest BCUT2D eigenvalue weighted by atomic mass is 16.7. The second kappa shape index (κ2) is 7.28. The fourth-order valence-corrected chi connectivity index (χ4v) is 1.78. The SMILES string of the molecule is COC(COc1ccc(OC(=O)N(C)C2CC2)cc1)OC. The third-order valence-corrected chi connectivity index (χ3v) is 3.32. The number of ether oxygens (including phenoxy) is 4. The number of nitrogens with zero attached hydrogens (tertiary/aromatic N) is 1. The van der Waals surface area contributed by atoms with Crippen molar-refractivity contribution in [3.63, 3.8) is 0 Å². The van der Waals surface area contributed by atoms with Gasteiger partial charge in [0.1, 0.15) is 18.1 Å². The lowest BCUT2D eigenvalue weighted by Crippen LogP contribution is -2.31. The molecule has 21 heavy (non-hydrogen) atoms. The minimum absolute atomic E-state index is 0.288. The van der Waals surface area contributed by atoms with Crippen LogP contribution >= 0.6 is 0 Å². The number of rotatable bonds is 7. The maximum atomic E-state index is 11.8. The van der Waals surface area contributed by atoms with Crippen molar-refractivity contribution in [3.8, 4) is 11.5 Å². The Bertz CT molecular complexity index is 454. The lowest BCUT2D eigenvalue weighted by molar-refractivity contribution is -0.121. The van der Waals surface area contributed by atoms with Crippen LogP contribution in [0.2, 0.25) is 0 Å². The molecule has 2 rings (SSSR count). The average molecular weight is 295 g/mol. The van der Waals surface area contributed by atoms with Crippen molar-refractivity contribution < 1.29 is 23.7 Å². The van der Waals surface area contributed by atoms with Crippen molar-refractivity contribution in [2.75, 3.05) is 27.9 Å². The third-order valence-electron chi connectivity index (χ3n) is 3.32. The van der Waals surface area contributed by atoms with Gasteiger partial charge in [0.15, 0.2) is 6.29 Å². The van der Waals surface area contributed by atoms with E-state index in [1.165, 1.54) is 0 Å². The Labute approximate surface area is 124 Å². The van der Waals surface area contributed by atoms with Gasteiger partial charge in [-0.25, -0.2) is 4.79 Å². The molecular formula is C15H21NO5. The first-order chi connectivity index (χ1) is 10.1. The summed E-state index contributed by atoms with van der Waals surface area (Å²) in [6, 6.07) is 7.20. The summed E-state index contributed by atoms with van der Waals surface area (Å²) in [6.45, 7) is 0.288. The van der Waals surface area contributed by atoms with E-state index < -0.39 is 6.29 Å². The largest absolute Gasteiger partial charge is 0.488 e. The monoisotopic (exact) mass is 295 g/mol. The zero-order valence-electron chi connectivity index (χ0n) is 12.6. The molecule has 0 aliphatic heterocycles. The first-order valence-corrected chi connectivity index (χ1v) is 6.87. The van der Waals surface area contributed by atoms with Crippen molar-refractivity contribution in [2.24, 2.45) is 0 Å². The summed E-state index contributed by atoms with van der Waals surface area (Å²) in [5.74, 6) is 1.15. The lowest BCUT2D eigenvalue weighted by atomic mass is 10.3. The van der Waals surface area contributed by atoms with Gasteiger partial charge in [0, 0.05) is 27.3 Å². The molecule has 6 heteroatoms.